The number of hydrogen-bond donors (Lipinski definition) is 10. The van der Waals surface area contributed by atoms with E-state index in [0.717, 1.165) is 80.3 Å². The lowest BCUT2D eigenvalue weighted by Gasteiger charge is -2.39. The third-order valence-corrected chi connectivity index (χ3v) is 30.5. The van der Waals surface area contributed by atoms with E-state index >= 15 is 0 Å². The largest absolute Gasteiger partial charge is 0.407 e. The number of urea groups is 2. The molecule has 10 N–H and O–H groups in total. The van der Waals surface area contributed by atoms with Crippen LogP contribution in [-0.4, -0.2) is 306 Å². The summed E-state index contributed by atoms with van der Waals surface area (Å²) in [6.07, 6.45) is 25.0. The molecule has 0 aliphatic carbocycles. The second-order valence-electron chi connectivity index (χ2n) is 28.9. The summed E-state index contributed by atoms with van der Waals surface area (Å²) < 4.78 is 87.9. The average molecular weight is 2320 g/mol. The SMILES string of the molecule is C.C.C#CCBr.C#CCOC/C(Br)=C(\Br)CO.C#CCOC/C(Br)=C(\Br)CO[Si](OC(C)(C)CNC(=O)CCOCCOCCOCCOCCCC(=O)CCCC[C@@H]1SC[C@@H]2NC(=O)N[C@@H]21)(c1ccccc1)c1ccccc1.CC(C)(O)CNC(=O)CCOCCOCCOCCOCCCC(=O)CCCC[C@@H]1SC[C@@H]2NC(=O)N[C@@H]21.CF.OC/C(Br)=C(\Br)CO.[2H]C. The Kier molecular flexibility index (Phi) is 81.2. The molecule has 2 aromatic carbocycles. The van der Waals surface area contributed by atoms with Crippen LogP contribution in [0.1, 0.15) is 141 Å². The van der Waals surface area contributed by atoms with Crippen molar-refractivity contribution in [1.82, 2.24) is 31.9 Å². The fourth-order valence-electron chi connectivity index (χ4n) is 11.5. The Hall–Kier alpha value is -3.27. The summed E-state index contributed by atoms with van der Waals surface area (Å²) in [6, 6.07) is 20.7. The third kappa shape index (κ3) is 63.1. The van der Waals surface area contributed by atoms with Gasteiger partial charge in [-0.15, -0.1) is 19.3 Å². The van der Waals surface area contributed by atoms with Crippen LogP contribution in [0.5, 0.6) is 0 Å². The van der Waals surface area contributed by atoms with E-state index in [1.165, 1.54) is 7.40 Å². The normalized spacial score (nSPS) is 16.9. The number of thioether (sulfide) groups is 2. The summed E-state index contributed by atoms with van der Waals surface area (Å²) in [5, 5.41) is 56.0. The monoisotopic (exact) mass is 2310 g/mol. The maximum atomic E-state index is 12.9. The molecule has 4 aliphatic rings. The number of nitrogens with one attached hydrogen (secondary N) is 6. The Bertz CT molecular complexity index is 3480. The van der Waals surface area contributed by atoms with E-state index in [0.29, 0.717) is 181 Å². The molecule has 4 saturated heterocycles. The molecule has 732 valence electrons. The van der Waals surface area contributed by atoms with Gasteiger partial charge in [0.1, 0.15) is 24.8 Å². The zero-order valence-corrected chi connectivity index (χ0v) is 87.1. The summed E-state index contributed by atoms with van der Waals surface area (Å²) in [4.78, 5) is 71.7. The molecule has 6 atom stereocenters. The number of rotatable bonds is 62. The number of amides is 6. The summed E-state index contributed by atoms with van der Waals surface area (Å²) in [6.45, 7) is 15.6. The van der Waals surface area contributed by atoms with E-state index in [-0.39, 0.29) is 147 Å². The number of benzene rings is 2. The van der Waals surface area contributed by atoms with Crippen LogP contribution in [0.4, 0.5) is 14.0 Å². The van der Waals surface area contributed by atoms with Gasteiger partial charge in [-0.1, -0.05) is 225 Å². The molecular weight excluding hydrogens is 2180 g/mol. The van der Waals surface area contributed by atoms with Crippen LogP contribution in [0.15, 0.2) is 87.6 Å². The van der Waals surface area contributed by atoms with Gasteiger partial charge in [0.2, 0.25) is 11.8 Å². The van der Waals surface area contributed by atoms with Gasteiger partial charge in [-0.3, -0.25) is 23.6 Å². The molecule has 0 spiro atoms. The predicted molar refractivity (Wildman–Crippen MR) is 539 cm³/mol. The first kappa shape index (κ1) is 127. The molecule has 28 nitrogen and oxygen atoms in total. The molecule has 6 rings (SSSR count). The number of hydrogen-bond acceptors (Lipinski definition) is 24. The highest BCUT2D eigenvalue weighted by Gasteiger charge is 2.48. The van der Waals surface area contributed by atoms with E-state index < -0.39 is 19.8 Å². The van der Waals surface area contributed by atoms with E-state index in [1.54, 1.807) is 13.8 Å². The molecule has 0 saturated carbocycles. The minimum absolute atomic E-state index is 0. The first-order valence-electron chi connectivity index (χ1n) is 42.2. The molecule has 4 fully saturated rings. The standard InChI is InChI=1S/C45H63Br2N3O10SSi.C26H47N3O8S.C7H8Br2O2.C4H6Br2O2.C3H3Br.CH3F.3CH4/c1-4-22-58-31-38(46)39(47)32-59-62(36-16-7-5-8-17-36,37-18-9-6-10-19-37)60-45(2,3)34-48-42(52)21-24-55-26-28-57-30-29-56-27-25-54-23-13-15-35(51)14-11-12-20-41-43-40(33-61-41)49-44(53)50-43;1-26(2,33)19-27-23(31)9-11-35-13-15-37-17-16-36-14-12-34-10-5-7-20(30)6-3-4-8-22-24-21(18-38-22)28-25(32)29-24;1-2-3-11-5-7(9)6(8)4-10;5-3(1-7)4(6)2-8;1-2-3-4;1-2;;;/h1,5-10,16-19,40-41,43H,11-15,20-34H2,2-3H3,(H,48,52)(H2,49,50,53);21-22,24,33H,3-19H2,1-2H3,(H,27,31)(H2,28,29,32);1,10H,3-5H2;7-8H,1-2H2;1H,3H2;1H3;3*1H4/b39-38+;;7-6+;4-3+;;;;;/t40-,41-,43-;21-,22-,24-;;;;;;;/m00......./s1/i;;;;;;1D;;. The summed E-state index contributed by atoms with van der Waals surface area (Å²) in [5.41, 5.74) is -1.73. The number of carbonyl (C=O) groups is 6. The molecule has 4 aliphatic heterocycles. The Labute approximate surface area is 831 Å². The Morgan fingerprint density at radius 2 is 0.797 bits per heavy atom. The van der Waals surface area contributed by atoms with E-state index in [1.807, 2.05) is 98.0 Å². The maximum Gasteiger partial charge on any atom is 0.407 e. The summed E-state index contributed by atoms with van der Waals surface area (Å²) >= 11 is 26.5. The number of halogens is 8. The van der Waals surface area contributed by atoms with Crippen molar-refractivity contribution in [3.05, 3.63) is 87.6 Å². The smallest absolute Gasteiger partial charge is 0.391 e. The average Bonchev–Trinajstić information content (AvgIpc) is 1.76. The van der Waals surface area contributed by atoms with Gasteiger partial charge in [0.15, 0.2) is 0 Å². The fourth-order valence-corrected chi connectivity index (χ4v) is 19.4. The van der Waals surface area contributed by atoms with Crippen molar-refractivity contribution in [3.63, 3.8) is 0 Å². The third-order valence-electron chi connectivity index (χ3n) is 17.7. The van der Waals surface area contributed by atoms with Gasteiger partial charge in [-0.2, -0.15) is 23.5 Å². The second-order valence-corrected chi connectivity index (χ2v) is 40.6. The molecule has 0 unspecified atom stereocenters. The second kappa shape index (κ2) is 82.0. The Morgan fingerprint density at radius 3 is 1.14 bits per heavy atom. The van der Waals surface area contributed by atoms with Gasteiger partial charge in [-0.05, 0) is 76.6 Å². The van der Waals surface area contributed by atoms with Crippen LogP contribution in [0.2, 0.25) is 0 Å². The highest BCUT2D eigenvalue weighted by molar-refractivity contribution is 9.15. The molecule has 2 aromatic rings. The van der Waals surface area contributed by atoms with Gasteiger partial charge >= 0.3 is 20.6 Å². The summed E-state index contributed by atoms with van der Waals surface area (Å²) in [5.74, 6) is 9.34. The lowest BCUT2D eigenvalue weighted by atomic mass is 10.0. The van der Waals surface area contributed by atoms with Crippen molar-refractivity contribution in [1.29, 1.82) is 0 Å². The zero-order chi connectivity index (χ0) is 94.8. The zero-order valence-electron chi connectivity index (χ0n) is 74.4. The van der Waals surface area contributed by atoms with Gasteiger partial charge in [-0.25, -0.2) is 9.59 Å². The Morgan fingerprint density at radius 1 is 0.477 bits per heavy atom. The first-order chi connectivity index (χ1) is 61.1. The van der Waals surface area contributed by atoms with Crippen LogP contribution in [-0.2, 0) is 75.4 Å². The maximum absolute atomic E-state index is 12.9. The van der Waals surface area contributed by atoms with E-state index in [4.69, 9.17) is 92.2 Å². The number of unbranched alkanes of at least 4 members (excludes halogenated alkanes) is 2. The topological polar surface area (TPSA) is 366 Å². The Balaban J connectivity index is -0.00000199. The van der Waals surface area contributed by atoms with E-state index in [2.05, 4.69) is 161 Å². The molecule has 0 bridgehead atoms. The number of terminal acetylenes is 3. The van der Waals surface area contributed by atoms with Gasteiger partial charge in [0.25, 0.3) is 0 Å². The lowest BCUT2D eigenvalue weighted by molar-refractivity contribution is -0.124. The minimum atomic E-state index is -3.36. The van der Waals surface area contributed by atoms with Crippen LogP contribution < -0.4 is 42.3 Å². The van der Waals surface area contributed by atoms with Crippen molar-refractivity contribution < 1.29 is 111 Å². The van der Waals surface area contributed by atoms with Crippen LogP contribution in [0.25, 0.3) is 0 Å². The van der Waals surface area contributed by atoms with Crippen LogP contribution >= 0.6 is 135 Å². The highest BCUT2D eigenvalue weighted by atomic mass is 79.9. The fraction of sp³-hybridized carbons (Fsp3) is 0.663. The number of aliphatic hydroxyl groups is 4. The molecule has 6 amide bonds. The summed E-state index contributed by atoms with van der Waals surface area (Å²) in [7, 11) is -1.61. The van der Waals surface area contributed by atoms with Gasteiger partial charge in [0, 0.05) is 115 Å². The molecule has 4 heterocycles. The quantitative estimate of drug-likeness (QED) is 0.00967. The molecule has 0 aromatic heterocycles. The van der Waals surface area contributed by atoms with Crippen molar-refractivity contribution in [2.75, 3.05) is 196 Å². The number of ketones is 2. The van der Waals surface area contributed by atoms with Crippen LogP contribution in [0.3, 0.4) is 0 Å². The van der Waals surface area contributed by atoms with Crippen molar-refractivity contribution in [2.24, 2.45) is 0 Å². The molecule has 128 heavy (non-hydrogen) atoms. The number of alkyl halides is 2. The van der Waals surface area contributed by atoms with E-state index in [9.17, 15) is 38.3 Å². The number of aliphatic hydroxyl groups excluding tert-OH is 3. The van der Waals surface area contributed by atoms with Crippen LogP contribution in [0, 0.1) is 37.0 Å². The van der Waals surface area contributed by atoms with Crippen molar-refractivity contribution in [3.8, 4) is 37.0 Å². The molecule has 39 heteroatoms. The predicted octanol–water partition coefficient (Wildman–Crippen LogP) is 12.9. The number of fused-ring (bicyclic) bond motifs is 2. The van der Waals surface area contributed by atoms with Crippen molar-refractivity contribution in [2.45, 2.75) is 186 Å². The lowest BCUT2D eigenvalue weighted by Crippen LogP contribution is -2.67. The minimum Gasteiger partial charge on any atom is -0.391 e. The highest BCUT2D eigenvalue weighted by Crippen LogP contribution is 2.35. The van der Waals surface area contributed by atoms with Gasteiger partial charge in [0.05, 0.1) is 180 Å². The molecule has 0 radical (unpaired) electrons. The first-order valence-corrected chi connectivity index (χ1v) is 51.0. The molecular formula is C89H142Br7FN6O22S2Si. The van der Waals surface area contributed by atoms with Crippen molar-refractivity contribution >= 4 is 189 Å². The number of Topliss-reactive ketones (excluding diaryl/α,β-unsaturated/α-hetero) is 2. The number of carbonyl (C=O) groups excluding carboxylic acids is 6. The number of ether oxygens (including phenoxy) is 10. The van der Waals surface area contributed by atoms with Gasteiger partial charge < -0.3 is 109 Å².